The van der Waals surface area contributed by atoms with Gasteiger partial charge in [0, 0.05) is 30.7 Å². The Morgan fingerprint density at radius 1 is 1.00 bits per heavy atom. The Morgan fingerprint density at radius 3 is 2.43 bits per heavy atom. The van der Waals surface area contributed by atoms with Crippen molar-refractivity contribution in [2.45, 2.75) is 37.5 Å². The Kier molecular flexibility index (Phi) is 6.52. The molecule has 2 aliphatic rings. The van der Waals surface area contributed by atoms with Gasteiger partial charge in [-0.3, -0.25) is 9.69 Å². The molecule has 3 N–H and O–H groups in total. The van der Waals surface area contributed by atoms with E-state index in [1.54, 1.807) is 20.3 Å². The summed E-state index contributed by atoms with van der Waals surface area (Å²) in [4.78, 5) is 15.0. The summed E-state index contributed by atoms with van der Waals surface area (Å²) in [7, 11) is 3.29. The maximum Gasteiger partial charge on any atom is 0.251 e. The number of amides is 1. The van der Waals surface area contributed by atoms with Crippen molar-refractivity contribution in [2.75, 3.05) is 27.3 Å². The van der Waals surface area contributed by atoms with Crippen molar-refractivity contribution >= 4 is 5.91 Å². The highest BCUT2D eigenvalue weighted by atomic mass is 16.5. The molecule has 0 aliphatic carbocycles. The van der Waals surface area contributed by atoms with Crippen molar-refractivity contribution in [1.29, 1.82) is 0 Å². The minimum Gasteiger partial charge on any atom is -0.497 e. The summed E-state index contributed by atoms with van der Waals surface area (Å²) in [5, 5.41) is 3.17. The third-order valence-corrected chi connectivity index (χ3v) is 6.04. The average molecular weight is 411 g/mol. The van der Waals surface area contributed by atoms with Crippen LogP contribution >= 0.6 is 0 Å². The van der Waals surface area contributed by atoms with Crippen LogP contribution in [-0.4, -0.2) is 50.3 Å². The van der Waals surface area contributed by atoms with Crippen molar-refractivity contribution in [3.05, 3.63) is 59.7 Å². The van der Waals surface area contributed by atoms with E-state index >= 15 is 0 Å². The number of methoxy groups -OCH3 is 2. The van der Waals surface area contributed by atoms with E-state index in [0.717, 1.165) is 38.1 Å². The Bertz CT molecular complexity index is 850. The van der Waals surface area contributed by atoms with Gasteiger partial charge in [0.25, 0.3) is 5.91 Å². The number of nitrogens with zero attached hydrogens (tertiary/aromatic N) is 1. The number of ether oxygens (including phenoxy) is 2. The second-order valence-corrected chi connectivity index (χ2v) is 7.88. The van der Waals surface area contributed by atoms with Crippen LogP contribution in [0.15, 0.2) is 48.5 Å². The minimum atomic E-state index is -0.0347. The van der Waals surface area contributed by atoms with Gasteiger partial charge in [0.2, 0.25) is 0 Å². The predicted octanol–water partition coefficient (Wildman–Crippen LogP) is 2.46. The van der Waals surface area contributed by atoms with E-state index in [4.69, 9.17) is 9.47 Å². The average Bonchev–Trinajstić information content (AvgIpc) is 3.30. The van der Waals surface area contributed by atoms with Gasteiger partial charge in [0.1, 0.15) is 11.5 Å². The zero-order valence-electron chi connectivity index (χ0n) is 17.6. The molecular weight excluding hydrogens is 380 g/mol. The van der Waals surface area contributed by atoms with Gasteiger partial charge in [-0.15, -0.1) is 0 Å². The minimum absolute atomic E-state index is 0.0347. The molecule has 2 fully saturated rings. The fourth-order valence-corrected chi connectivity index (χ4v) is 4.22. The molecule has 7 nitrogen and oxygen atoms in total. The standard InChI is InChI=1S/C23H30N4O3/c1-29-19-8-6-16(7-9-19)21-15-22(26-25-21)27-12-10-18(11-13-27)24-23(28)17-4-3-5-20(14-17)30-2/h3-9,14,18,21-22,25-26H,10-13,15H2,1-2H3,(H,24,28). The molecule has 160 valence electrons. The monoisotopic (exact) mass is 410 g/mol. The normalized spacial score (nSPS) is 22.6. The third kappa shape index (κ3) is 4.75. The molecule has 4 rings (SSSR count). The van der Waals surface area contributed by atoms with Crippen molar-refractivity contribution in [3.63, 3.8) is 0 Å². The summed E-state index contributed by atoms with van der Waals surface area (Å²) in [6, 6.07) is 16.0. The maximum atomic E-state index is 12.6. The number of nitrogens with one attached hydrogen (secondary N) is 3. The molecule has 2 aliphatic heterocycles. The van der Waals surface area contributed by atoms with Crippen LogP contribution in [0, 0.1) is 0 Å². The van der Waals surface area contributed by atoms with Crippen LogP contribution in [0.4, 0.5) is 0 Å². The topological polar surface area (TPSA) is 74.9 Å². The van der Waals surface area contributed by atoms with Gasteiger partial charge >= 0.3 is 0 Å². The highest BCUT2D eigenvalue weighted by Crippen LogP contribution is 2.27. The van der Waals surface area contributed by atoms with Crippen molar-refractivity contribution < 1.29 is 14.3 Å². The first-order chi connectivity index (χ1) is 14.7. The van der Waals surface area contributed by atoms with Crippen molar-refractivity contribution in [1.82, 2.24) is 21.1 Å². The molecule has 30 heavy (non-hydrogen) atoms. The zero-order chi connectivity index (χ0) is 20.9. The van der Waals surface area contributed by atoms with Crippen LogP contribution in [-0.2, 0) is 0 Å². The summed E-state index contributed by atoms with van der Waals surface area (Å²) in [6.07, 6.45) is 3.20. The molecule has 1 amide bonds. The largest absolute Gasteiger partial charge is 0.497 e. The van der Waals surface area contributed by atoms with Gasteiger partial charge in [0.05, 0.1) is 20.4 Å². The third-order valence-electron chi connectivity index (χ3n) is 6.04. The van der Waals surface area contributed by atoms with Crippen LogP contribution in [0.2, 0.25) is 0 Å². The lowest BCUT2D eigenvalue weighted by atomic mass is 10.0. The molecular formula is C23H30N4O3. The summed E-state index contributed by atoms with van der Waals surface area (Å²) in [5.41, 5.74) is 8.76. The van der Waals surface area contributed by atoms with Crippen molar-refractivity contribution in [2.24, 2.45) is 0 Å². The lowest BCUT2D eigenvalue weighted by molar-refractivity contribution is 0.0879. The number of carbonyl (C=O) groups is 1. The zero-order valence-corrected chi connectivity index (χ0v) is 17.6. The maximum absolute atomic E-state index is 12.6. The van der Waals surface area contributed by atoms with Gasteiger partial charge in [-0.2, -0.15) is 0 Å². The van der Waals surface area contributed by atoms with E-state index in [0.29, 0.717) is 17.5 Å². The molecule has 0 aromatic heterocycles. The van der Waals surface area contributed by atoms with Gasteiger partial charge in [-0.05, 0) is 55.2 Å². The van der Waals surface area contributed by atoms with Crippen LogP contribution in [0.25, 0.3) is 0 Å². The van der Waals surface area contributed by atoms with E-state index in [-0.39, 0.29) is 18.0 Å². The van der Waals surface area contributed by atoms with E-state index in [1.165, 1.54) is 5.56 Å². The number of piperidine rings is 1. The van der Waals surface area contributed by atoms with Gasteiger partial charge in [-0.1, -0.05) is 18.2 Å². The first-order valence-corrected chi connectivity index (χ1v) is 10.5. The molecule has 0 radical (unpaired) electrons. The number of hydrogen-bond acceptors (Lipinski definition) is 6. The van der Waals surface area contributed by atoms with Crippen LogP contribution in [0.3, 0.4) is 0 Å². The van der Waals surface area contributed by atoms with Crippen molar-refractivity contribution in [3.8, 4) is 11.5 Å². The molecule has 0 spiro atoms. The number of rotatable bonds is 6. The summed E-state index contributed by atoms with van der Waals surface area (Å²) in [6.45, 7) is 1.91. The Morgan fingerprint density at radius 2 is 1.73 bits per heavy atom. The second kappa shape index (κ2) is 9.47. The molecule has 2 heterocycles. The number of hydrazine groups is 1. The fraction of sp³-hybridized carbons (Fsp3) is 0.435. The Labute approximate surface area is 177 Å². The molecule has 2 aromatic rings. The first-order valence-electron chi connectivity index (χ1n) is 10.5. The molecule has 2 unspecified atom stereocenters. The number of benzene rings is 2. The highest BCUT2D eigenvalue weighted by molar-refractivity contribution is 5.94. The van der Waals surface area contributed by atoms with E-state index in [9.17, 15) is 4.79 Å². The summed E-state index contributed by atoms with van der Waals surface area (Å²) >= 11 is 0. The van der Waals surface area contributed by atoms with E-state index < -0.39 is 0 Å². The molecule has 2 saturated heterocycles. The number of hydrogen-bond donors (Lipinski definition) is 3. The first kappa shape index (κ1) is 20.7. The fourth-order valence-electron chi connectivity index (χ4n) is 4.22. The van der Waals surface area contributed by atoms with Crippen LogP contribution < -0.4 is 25.6 Å². The number of carbonyl (C=O) groups excluding carboxylic acids is 1. The molecule has 7 heteroatoms. The molecule has 2 atom stereocenters. The van der Waals surface area contributed by atoms with E-state index in [1.807, 2.05) is 30.3 Å². The van der Waals surface area contributed by atoms with Gasteiger partial charge < -0.3 is 14.8 Å². The lowest BCUT2D eigenvalue weighted by Gasteiger charge is -2.35. The Balaban J connectivity index is 1.26. The van der Waals surface area contributed by atoms with Crippen LogP contribution in [0.5, 0.6) is 11.5 Å². The molecule has 2 aromatic carbocycles. The summed E-state index contributed by atoms with van der Waals surface area (Å²) in [5.74, 6) is 1.54. The highest BCUT2D eigenvalue weighted by Gasteiger charge is 2.32. The second-order valence-electron chi connectivity index (χ2n) is 7.88. The molecule has 0 bridgehead atoms. The smallest absolute Gasteiger partial charge is 0.251 e. The SMILES string of the molecule is COc1ccc(C2CC(N3CCC(NC(=O)c4cccc(OC)c4)CC3)NN2)cc1. The molecule has 0 saturated carbocycles. The van der Waals surface area contributed by atoms with Gasteiger partial charge in [-0.25, -0.2) is 10.9 Å². The summed E-state index contributed by atoms with van der Waals surface area (Å²) < 4.78 is 10.5. The van der Waals surface area contributed by atoms with E-state index in [2.05, 4.69) is 33.2 Å². The lowest BCUT2D eigenvalue weighted by Crippen LogP contribution is -2.51. The predicted molar refractivity (Wildman–Crippen MR) is 115 cm³/mol. The number of likely N-dealkylation sites (tertiary alicyclic amines) is 1. The quantitative estimate of drug-likeness (QED) is 0.679. The van der Waals surface area contributed by atoms with Gasteiger partial charge in [0.15, 0.2) is 0 Å². The van der Waals surface area contributed by atoms with Crippen LogP contribution in [0.1, 0.15) is 41.2 Å². The Hall–Kier alpha value is -2.61.